The zero-order chi connectivity index (χ0) is 13.8. The van der Waals surface area contributed by atoms with Crippen LogP contribution < -0.4 is 0 Å². The van der Waals surface area contributed by atoms with Crippen LogP contribution in [0, 0.1) is 0 Å². The topological polar surface area (TPSA) is 69.9 Å². The number of carbonyl (C=O) groups is 1. The molecule has 2 heterocycles. The Kier molecular flexibility index (Phi) is 4.09. The van der Waals surface area contributed by atoms with Crippen molar-refractivity contribution in [2.45, 2.75) is 33.1 Å². The monoisotopic (exact) mass is 262 g/mol. The third kappa shape index (κ3) is 2.57. The Balaban J connectivity index is 2.47. The maximum absolute atomic E-state index is 11.8. The van der Waals surface area contributed by atoms with Crippen molar-refractivity contribution in [2.24, 2.45) is 7.05 Å². The van der Waals surface area contributed by atoms with Gasteiger partial charge in [0.2, 0.25) is 0 Å². The van der Waals surface area contributed by atoms with E-state index in [1.54, 1.807) is 6.92 Å². The van der Waals surface area contributed by atoms with E-state index in [-0.39, 0.29) is 5.69 Å². The number of esters is 1. The van der Waals surface area contributed by atoms with E-state index in [1.165, 1.54) is 6.33 Å². The second-order valence-electron chi connectivity index (χ2n) is 4.31. The van der Waals surface area contributed by atoms with E-state index in [4.69, 9.17) is 4.74 Å². The van der Waals surface area contributed by atoms with Crippen LogP contribution in [0.4, 0.5) is 0 Å². The fourth-order valence-corrected chi connectivity index (χ4v) is 1.95. The van der Waals surface area contributed by atoms with E-state index in [0.717, 1.165) is 25.1 Å². The highest BCUT2D eigenvalue weighted by Gasteiger charge is 2.18. The van der Waals surface area contributed by atoms with Gasteiger partial charge in [-0.15, -0.1) is 0 Å². The second-order valence-corrected chi connectivity index (χ2v) is 4.31. The number of hydrogen-bond donors (Lipinski definition) is 0. The van der Waals surface area contributed by atoms with Crippen LogP contribution in [0.5, 0.6) is 0 Å². The Morgan fingerprint density at radius 1 is 1.37 bits per heavy atom. The molecule has 0 spiro atoms. The number of carbonyl (C=O) groups excluding carboxylic acids is 1. The molecule has 0 atom stereocenters. The molecule has 2 rings (SSSR count). The lowest BCUT2D eigenvalue weighted by molar-refractivity contribution is 0.0521. The predicted molar refractivity (Wildman–Crippen MR) is 70.9 cm³/mol. The first-order chi connectivity index (χ1) is 9.19. The van der Waals surface area contributed by atoms with Crippen molar-refractivity contribution in [3.63, 3.8) is 0 Å². The highest BCUT2D eigenvalue weighted by Crippen LogP contribution is 2.17. The third-order valence-electron chi connectivity index (χ3n) is 2.97. The third-order valence-corrected chi connectivity index (χ3v) is 2.97. The van der Waals surface area contributed by atoms with Gasteiger partial charge in [-0.25, -0.2) is 19.7 Å². The van der Waals surface area contributed by atoms with Gasteiger partial charge in [-0.3, -0.25) is 0 Å². The summed E-state index contributed by atoms with van der Waals surface area (Å²) < 4.78 is 6.90. The molecule has 19 heavy (non-hydrogen) atoms. The van der Waals surface area contributed by atoms with Crippen LogP contribution in [0.3, 0.4) is 0 Å². The van der Waals surface area contributed by atoms with Crippen LogP contribution in [0.25, 0.3) is 11.2 Å². The lowest BCUT2D eigenvalue weighted by atomic mass is 10.2. The maximum atomic E-state index is 11.8. The van der Waals surface area contributed by atoms with Crippen molar-refractivity contribution < 1.29 is 9.53 Å². The first kappa shape index (κ1) is 13.5. The minimum Gasteiger partial charge on any atom is -0.461 e. The summed E-state index contributed by atoms with van der Waals surface area (Å²) in [5.74, 6) is 0.470. The molecule has 0 amide bonds. The quantitative estimate of drug-likeness (QED) is 0.769. The van der Waals surface area contributed by atoms with Crippen molar-refractivity contribution in [3.8, 4) is 0 Å². The molecule has 2 aromatic heterocycles. The Labute approximate surface area is 111 Å². The van der Waals surface area contributed by atoms with Crippen LogP contribution >= 0.6 is 0 Å². The summed E-state index contributed by atoms with van der Waals surface area (Å²) >= 11 is 0. The molecule has 0 fully saturated rings. The summed E-state index contributed by atoms with van der Waals surface area (Å²) in [5, 5.41) is 0. The molecule has 0 aliphatic heterocycles. The summed E-state index contributed by atoms with van der Waals surface area (Å²) in [6.07, 6.45) is 4.39. The van der Waals surface area contributed by atoms with Crippen LogP contribution in [-0.4, -0.2) is 32.1 Å². The molecule has 102 valence electrons. The van der Waals surface area contributed by atoms with Gasteiger partial charge in [-0.1, -0.05) is 13.3 Å². The fraction of sp³-hybridized carbons (Fsp3) is 0.538. The number of imidazole rings is 1. The fourth-order valence-electron chi connectivity index (χ4n) is 1.95. The average Bonchev–Trinajstić information content (AvgIpc) is 2.73. The minimum absolute atomic E-state index is 0.241. The van der Waals surface area contributed by atoms with Gasteiger partial charge in [0.25, 0.3) is 0 Å². The maximum Gasteiger partial charge on any atom is 0.359 e. The summed E-state index contributed by atoms with van der Waals surface area (Å²) in [7, 11) is 1.91. The summed E-state index contributed by atoms with van der Waals surface area (Å²) in [6, 6.07) is 0. The lowest BCUT2D eigenvalue weighted by Gasteiger charge is -2.01. The standard InChI is InChI=1S/C13H18N4O2/c1-4-6-7-9-16-10-11(13(18)19-5-2)14-8-15-12(10)17(9)3/h8H,4-7H2,1-3H3. The molecule has 0 aromatic carbocycles. The number of aryl methyl sites for hydroxylation is 2. The number of ether oxygens (including phenoxy) is 1. The van der Waals surface area contributed by atoms with Crippen molar-refractivity contribution in [1.82, 2.24) is 19.5 Å². The van der Waals surface area contributed by atoms with E-state index in [1.807, 2.05) is 11.6 Å². The molecule has 0 N–H and O–H groups in total. The van der Waals surface area contributed by atoms with Crippen LogP contribution in [0.1, 0.15) is 43.0 Å². The highest BCUT2D eigenvalue weighted by molar-refractivity contribution is 5.98. The minimum atomic E-state index is -0.449. The van der Waals surface area contributed by atoms with Gasteiger partial charge in [0.1, 0.15) is 17.7 Å². The lowest BCUT2D eigenvalue weighted by Crippen LogP contribution is -2.08. The molecule has 0 saturated heterocycles. The number of unbranched alkanes of at least 4 members (excludes halogenated alkanes) is 1. The Hall–Kier alpha value is -1.98. The van der Waals surface area contributed by atoms with E-state index in [2.05, 4.69) is 21.9 Å². The number of aromatic nitrogens is 4. The molecular formula is C13H18N4O2. The second kappa shape index (κ2) is 5.77. The van der Waals surface area contributed by atoms with Gasteiger partial charge >= 0.3 is 5.97 Å². The zero-order valence-corrected chi connectivity index (χ0v) is 11.5. The van der Waals surface area contributed by atoms with Gasteiger partial charge in [0.15, 0.2) is 11.3 Å². The molecule has 0 aliphatic carbocycles. The van der Waals surface area contributed by atoms with E-state index >= 15 is 0 Å². The number of rotatable bonds is 5. The van der Waals surface area contributed by atoms with Gasteiger partial charge in [-0.2, -0.15) is 0 Å². The molecule has 0 saturated carbocycles. The molecule has 0 radical (unpaired) electrons. The zero-order valence-electron chi connectivity index (χ0n) is 11.5. The van der Waals surface area contributed by atoms with Gasteiger partial charge in [0, 0.05) is 13.5 Å². The molecule has 0 aliphatic rings. The SMILES string of the molecule is CCCCc1nc2c(C(=O)OCC)ncnc2n1C. The van der Waals surface area contributed by atoms with Gasteiger partial charge in [0.05, 0.1) is 6.61 Å². The van der Waals surface area contributed by atoms with E-state index in [9.17, 15) is 4.79 Å². The average molecular weight is 262 g/mol. The highest BCUT2D eigenvalue weighted by atomic mass is 16.5. The largest absolute Gasteiger partial charge is 0.461 e. The molecule has 0 bridgehead atoms. The Morgan fingerprint density at radius 3 is 2.84 bits per heavy atom. The summed E-state index contributed by atoms with van der Waals surface area (Å²) in [4.78, 5) is 24.5. The van der Waals surface area contributed by atoms with E-state index < -0.39 is 5.97 Å². The molecule has 6 nitrogen and oxygen atoms in total. The Morgan fingerprint density at radius 2 is 2.16 bits per heavy atom. The molecule has 6 heteroatoms. The van der Waals surface area contributed by atoms with Gasteiger partial charge < -0.3 is 9.30 Å². The van der Waals surface area contributed by atoms with Crippen molar-refractivity contribution in [3.05, 3.63) is 17.8 Å². The number of hydrogen-bond acceptors (Lipinski definition) is 5. The molecule has 2 aromatic rings. The van der Waals surface area contributed by atoms with Crippen molar-refractivity contribution in [1.29, 1.82) is 0 Å². The normalized spacial score (nSPS) is 10.9. The first-order valence-corrected chi connectivity index (χ1v) is 6.52. The molecular weight excluding hydrogens is 244 g/mol. The predicted octanol–water partition coefficient (Wildman–Crippen LogP) is 1.88. The summed E-state index contributed by atoms with van der Waals surface area (Å²) in [6.45, 7) is 4.22. The number of fused-ring (bicyclic) bond motifs is 1. The first-order valence-electron chi connectivity index (χ1n) is 6.52. The summed E-state index contributed by atoms with van der Waals surface area (Å²) in [5.41, 5.74) is 1.43. The van der Waals surface area contributed by atoms with Crippen molar-refractivity contribution in [2.75, 3.05) is 6.61 Å². The smallest absolute Gasteiger partial charge is 0.359 e. The van der Waals surface area contributed by atoms with Crippen molar-refractivity contribution >= 4 is 17.1 Å². The van der Waals surface area contributed by atoms with Gasteiger partial charge in [-0.05, 0) is 13.3 Å². The van der Waals surface area contributed by atoms with Crippen LogP contribution in [0.15, 0.2) is 6.33 Å². The van der Waals surface area contributed by atoms with Crippen LogP contribution in [0.2, 0.25) is 0 Å². The van der Waals surface area contributed by atoms with Crippen LogP contribution in [-0.2, 0) is 18.2 Å². The molecule has 0 unspecified atom stereocenters. The Bertz CT molecular complexity index is 592. The van der Waals surface area contributed by atoms with E-state index in [0.29, 0.717) is 17.8 Å². The number of nitrogens with zero attached hydrogens (tertiary/aromatic N) is 4.